The molecule has 1 fully saturated rings. The lowest BCUT2D eigenvalue weighted by molar-refractivity contribution is -0.118. The molecule has 0 atom stereocenters. The maximum Gasteiger partial charge on any atom is 0.262 e. The summed E-state index contributed by atoms with van der Waals surface area (Å²) in [7, 11) is -3.96. The molecule has 2 aromatic rings. The van der Waals surface area contributed by atoms with E-state index in [1.165, 1.54) is 12.1 Å². The number of halogens is 1. The summed E-state index contributed by atoms with van der Waals surface area (Å²) < 4.78 is 33.5. The largest absolute Gasteiger partial charge is 0.482 e. The molecule has 10 heteroatoms. The summed E-state index contributed by atoms with van der Waals surface area (Å²) in [5, 5.41) is 2.55. The number of benzene rings is 2. The number of nitrogens with zero attached hydrogens (tertiary/aromatic N) is 1. The monoisotopic (exact) mass is 463 g/mol. The van der Waals surface area contributed by atoms with Crippen LogP contribution >= 0.6 is 11.6 Å². The van der Waals surface area contributed by atoms with Crippen molar-refractivity contribution in [2.24, 2.45) is 0 Å². The van der Waals surface area contributed by atoms with E-state index in [2.05, 4.69) is 10.0 Å². The van der Waals surface area contributed by atoms with Crippen molar-refractivity contribution in [2.75, 3.05) is 25.0 Å². The minimum Gasteiger partial charge on any atom is -0.482 e. The number of carbonyl (C=O) groups is 2. The number of hydrogen-bond donors (Lipinski definition) is 2. The smallest absolute Gasteiger partial charge is 0.262 e. The van der Waals surface area contributed by atoms with Gasteiger partial charge in [-0.1, -0.05) is 23.7 Å². The van der Waals surface area contributed by atoms with Crippen LogP contribution in [0.1, 0.15) is 35.2 Å². The Hall–Kier alpha value is -2.62. The van der Waals surface area contributed by atoms with E-state index >= 15 is 0 Å². The lowest BCUT2D eigenvalue weighted by Crippen LogP contribution is -2.35. The van der Waals surface area contributed by atoms with Crippen LogP contribution in [0.15, 0.2) is 41.3 Å². The highest BCUT2D eigenvalue weighted by Crippen LogP contribution is 2.35. The quantitative estimate of drug-likeness (QED) is 0.709. The highest BCUT2D eigenvalue weighted by molar-refractivity contribution is 7.89. The van der Waals surface area contributed by atoms with Crippen molar-refractivity contribution in [1.82, 2.24) is 9.62 Å². The molecule has 2 aliphatic heterocycles. The third-order valence-electron chi connectivity index (χ3n) is 5.24. The number of fused-ring (bicyclic) bond motifs is 1. The molecular weight excluding hydrogens is 442 g/mol. The standard InChI is InChI=1S/C21H22ClN3O5S/c22-16-10-17-18(30-13-20(26)24-17)11-19(16)31(28,29)23-12-14-5-4-6-15(9-14)21(27)25-7-2-1-3-8-25/h4-6,9-11,23H,1-3,7-8,12-13H2,(H,24,26). The molecule has 0 bridgehead atoms. The van der Waals surface area contributed by atoms with E-state index in [1.54, 1.807) is 24.3 Å². The summed E-state index contributed by atoms with van der Waals surface area (Å²) in [5.74, 6) is -0.142. The van der Waals surface area contributed by atoms with E-state index in [9.17, 15) is 18.0 Å². The van der Waals surface area contributed by atoms with Crippen molar-refractivity contribution in [3.05, 3.63) is 52.5 Å². The van der Waals surface area contributed by atoms with Gasteiger partial charge in [-0.3, -0.25) is 9.59 Å². The highest BCUT2D eigenvalue weighted by Gasteiger charge is 2.24. The molecular formula is C21H22ClN3O5S. The average molecular weight is 464 g/mol. The second-order valence-electron chi connectivity index (χ2n) is 7.49. The van der Waals surface area contributed by atoms with Crippen molar-refractivity contribution in [2.45, 2.75) is 30.7 Å². The van der Waals surface area contributed by atoms with Gasteiger partial charge in [-0.15, -0.1) is 0 Å². The number of likely N-dealkylation sites (tertiary alicyclic amines) is 1. The van der Waals surface area contributed by atoms with E-state index in [0.29, 0.717) is 16.8 Å². The average Bonchev–Trinajstić information content (AvgIpc) is 2.77. The van der Waals surface area contributed by atoms with Gasteiger partial charge >= 0.3 is 0 Å². The number of nitrogens with one attached hydrogen (secondary N) is 2. The number of carbonyl (C=O) groups excluding carboxylic acids is 2. The van der Waals surface area contributed by atoms with Gasteiger partial charge in [0.2, 0.25) is 10.0 Å². The van der Waals surface area contributed by atoms with E-state index in [1.807, 2.05) is 4.90 Å². The summed E-state index contributed by atoms with van der Waals surface area (Å²) in [6.45, 7) is 1.29. The molecule has 8 nitrogen and oxygen atoms in total. The molecule has 2 aliphatic rings. The summed E-state index contributed by atoms with van der Waals surface area (Å²) in [5.41, 5.74) is 1.52. The number of anilines is 1. The van der Waals surface area contributed by atoms with Crippen LogP contribution in [-0.2, 0) is 21.4 Å². The van der Waals surface area contributed by atoms with Gasteiger partial charge < -0.3 is 15.0 Å². The Labute approximate surface area is 185 Å². The number of ether oxygens (including phenoxy) is 1. The summed E-state index contributed by atoms with van der Waals surface area (Å²) in [6, 6.07) is 9.56. The van der Waals surface area contributed by atoms with Crippen LogP contribution in [0, 0.1) is 0 Å². The van der Waals surface area contributed by atoms with Crippen molar-refractivity contribution in [3.8, 4) is 5.75 Å². The van der Waals surface area contributed by atoms with E-state index in [4.69, 9.17) is 16.3 Å². The van der Waals surface area contributed by atoms with Crippen LogP contribution in [0.3, 0.4) is 0 Å². The molecule has 0 aliphatic carbocycles. The third kappa shape index (κ3) is 4.84. The second kappa shape index (κ2) is 8.86. The molecule has 2 amide bonds. The first-order valence-electron chi connectivity index (χ1n) is 9.97. The van der Waals surface area contributed by atoms with Crippen LogP contribution in [0.4, 0.5) is 5.69 Å². The molecule has 31 heavy (non-hydrogen) atoms. The van der Waals surface area contributed by atoms with Gasteiger partial charge in [0.05, 0.1) is 10.7 Å². The first kappa shape index (κ1) is 21.6. The van der Waals surface area contributed by atoms with E-state index in [-0.39, 0.29) is 40.6 Å². The van der Waals surface area contributed by atoms with Crippen LogP contribution in [0.25, 0.3) is 0 Å². The van der Waals surface area contributed by atoms with Gasteiger partial charge in [-0.05, 0) is 43.0 Å². The minimum atomic E-state index is -3.96. The van der Waals surface area contributed by atoms with Crippen LogP contribution in [-0.4, -0.2) is 44.8 Å². The zero-order chi connectivity index (χ0) is 22.0. The van der Waals surface area contributed by atoms with Crippen LogP contribution in [0.5, 0.6) is 5.75 Å². The Morgan fingerprint density at radius 3 is 2.71 bits per heavy atom. The molecule has 0 saturated carbocycles. The number of rotatable bonds is 5. The Kier molecular flexibility index (Phi) is 6.17. The first-order chi connectivity index (χ1) is 14.8. The summed E-state index contributed by atoms with van der Waals surface area (Å²) in [4.78, 5) is 25.8. The number of amides is 2. The lowest BCUT2D eigenvalue weighted by Gasteiger charge is -2.26. The number of sulfonamides is 1. The van der Waals surface area contributed by atoms with Crippen LogP contribution in [0.2, 0.25) is 5.02 Å². The van der Waals surface area contributed by atoms with Gasteiger partial charge in [0.25, 0.3) is 11.8 Å². The maximum absolute atomic E-state index is 12.8. The SMILES string of the molecule is O=C1COc2cc(S(=O)(=O)NCc3cccc(C(=O)N4CCCCC4)c3)c(Cl)cc2N1. The fourth-order valence-corrected chi connectivity index (χ4v) is 5.20. The third-order valence-corrected chi connectivity index (χ3v) is 7.11. The Bertz CT molecular complexity index is 1130. The van der Waals surface area contributed by atoms with Crippen LogP contribution < -0.4 is 14.8 Å². The Morgan fingerprint density at radius 1 is 1.16 bits per heavy atom. The Morgan fingerprint density at radius 2 is 1.94 bits per heavy atom. The van der Waals surface area contributed by atoms with Crippen molar-refractivity contribution >= 4 is 39.1 Å². The number of hydrogen-bond acceptors (Lipinski definition) is 5. The van der Waals surface area contributed by atoms with Gasteiger partial charge in [0.1, 0.15) is 10.6 Å². The molecule has 0 radical (unpaired) electrons. The normalized spacial score (nSPS) is 16.3. The second-order valence-corrected chi connectivity index (χ2v) is 9.64. The fraction of sp³-hybridized carbons (Fsp3) is 0.333. The molecule has 4 rings (SSSR count). The molecule has 164 valence electrons. The molecule has 0 aromatic heterocycles. The predicted octanol–water partition coefficient (Wildman–Crippen LogP) is 2.78. The summed E-state index contributed by atoms with van der Waals surface area (Å²) >= 11 is 6.15. The maximum atomic E-state index is 12.8. The van der Waals surface area contributed by atoms with E-state index < -0.39 is 10.0 Å². The van der Waals surface area contributed by atoms with E-state index in [0.717, 1.165) is 32.4 Å². The molecule has 1 saturated heterocycles. The molecule has 2 aromatic carbocycles. The van der Waals surface area contributed by atoms with Gasteiger partial charge in [0.15, 0.2) is 6.61 Å². The summed E-state index contributed by atoms with van der Waals surface area (Å²) in [6.07, 6.45) is 3.13. The molecule has 2 N–H and O–H groups in total. The number of piperidine rings is 1. The minimum absolute atomic E-state index is 0.00550. The lowest BCUT2D eigenvalue weighted by atomic mass is 10.1. The van der Waals surface area contributed by atoms with Crippen molar-refractivity contribution in [3.63, 3.8) is 0 Å². The molecule has 2 heterocycles. The first-order valence-corrected chi connectivity index (χ1v) is 11.8. The highest BCUT2D eigenvalue weighted by atomic mass is 35.5. The van der Waals surface area contributed by atoms with Crippen molar-refractivity contribution < 1.29 is 22.7 Å². The molecule has 0 spiro atoms. The van der Waals surface area contributed by atoms with Gasteiger partial charge in [0, 0.05) is 31.3 Å². The van der Waals surface area contributed by atoms with Gasteiger partial charge in [-0.25, -0.2) is 13.1 Å². The zero-order valence-corrected chi connectivity index (χ0v) is 18.3. The van der Waals surface area contributed by atoms with Gasteiger partial charge in [-0.2, -0.15) is 0 Å². The predicted molar refractivity (Wildman–Crippen MR) is 116 cm³/mol. The van der Waals surface area contributed by atoms with Crippen molar-refractivity contribution in [1.29, 1.82) is 0 Å². The Balaban J connectivity index is 1.49. The topological polar surface area (TPSA) is 105 Å². The molecule has 0 unspecified atom stereocenters. The zero-order valence-electron chi connectivity index (χ0n) is 16.7. The fourth-order valence-electron chi connectivity index (χ4n) is 3.64.